The lowest BCUT2D eigenvalue weighted by molar-refractivity contribution is -0.119. The molecule has 3 amide bonds. The molecule has 0 aliphatic heterocycles. The van der Waals surface area contributed by atoms with E-state index in [0.29, 0.717) is 42.4 Å². The van der Waals surface area contributed by atoms with Crippen LogP contribution in [0.1, 0.15) is 69.4 Å². The molecular formula is C32H43N7O4S. The maximum absolute atomic E-state index is 12.7. The van der Waals surface area contributed by atoms with E-state index in [0.717, 1.165) is 47.4 Å². The predicted molar refractivity (Wildman–Crippen MR) is 174 cm³/mol. The quantitative estimate of drug-likeness (QED) is 0.118. The first-order valence-corrected chi connectivity index (χ1v) is 15.7. The van der Waals surface area contributed by atoms with Crippen molar-refractivity contribution in [3.8, 4) is 0 Å². The Morgan fingerprint density at radius 2 is 1.86 bits per heavy atom. The number of allylic oxidation sites excluding steroid dienone is 2. The Morgan fingerprint density at radius 1 is 1.09 bits per heavy atom. The van der Waals surface area contributed by atoms with Crippen LogP contribution in [0.3, 0.4) is 0 Å². The highest BCUT2D eigenvalue weighted by Crippen LogP contribution is 2.27. The van der Waals surface area contributed by atoms with Crippen molar-refractivity contribution >= 4 is 45.9 Å². The van der Waals surface area contributed by atoms with Gasteiger partial charge in [-0.2, -0.15) is 0 Å². The third kappa shape index (κ3) is 12.2. The number of unbranched alkanes of at least 4 members (excludes halogenated alkanes) is 1. The number of carbonyl (C=O) groups excluding carboxylic acids is 3. The number of alkyl carbamates (subject to hydrolysis) is 1. The number of aromatic nitrogens is 2. The van der Waals surface area contributed by atoms with Gasteiger partial charge in [-0.1, -0.05) is 60.7 Å². The number of anilines is 1. The van der Waals surface area contributed by atoms with Crippen LogP contribution in [0.2, 0.25) is 0 Å². The number of hydrogen-bond acceptors (Lipinski definition) is 9. The number of benzene rings is 1. The molecule has 11 nitrogen and oxygen atoms in total. The first kappa shape index (κ1) is 34.3. The van der Waals surface area contributed by atoms with Gasteiger partial charge in [0.1, 0.15) is 10.8 Å². The molecule has 0 spiro atoms. The molecule has 12 heteroatoms. The molecule has 0 saturated heterocycles. The minimum absolute atomic E-state index is 0.109. The molecule has 44 heavy (non-hydrogen) atoms. The summed E-state index contributed by atoms with van der Waals surface area (Å²) in [5, 5.41) is 26.4. The van der Waals surface area contributed by atoms with Crippen LogP contribution in [0.25, 0.3) is 0 Å². The SMILES string of the molecule is CN=C(CCC(=N)CCCCc1nnc(NC(=O)CC2=CC(C)CC(C(C)NC(=O)OC)=C2)s1)NC(=O)Cc1ccccc1. The zero-order chi connectivity index (χ0) is 31.9. The van der Waals surface area contributed by atoms with E-state index in [9.17, 15) is 14.4 Å². The number of amides is 3. The smallest absolute Gasteiger partial charge is 0.407 e. The molecule has 2 unspecified atom stereocenters. The molecule has 4 N–H and O–H groups in total. The van der Waals surface area contributed by atoms with Crippen molar-refractivity contribution in [3.05, 3.63) is 64.2 Å². The normalized spacial score (nSPS) is 15.5. The lowest BCUT2D eigenvalue weighted by Gasteiger charge is -2.24. The van der Waals surface area contributed by atoms with Crippen LogP contribution in [0.15, 0.2) is 58.6 Å². The summed E-state index contributed by atoms with van der Waals surface area (Å²) in [7, 11) is 2.98. The fourth-order valence-corrected chi connectivity index (χ4v) is 5.66. The van der Waals surface area contributed by atoms with Crippen molar-refractivity contribution in [1.82, 2.24) is 20.8 Å². The fraction of sp³-hybridized carbons (Fsp3) is 0.469. The van der Waals surface area contributed by atoms with E-state index in [1.807, 2.05) is 43.3 Å². The molecule has 1 aliphatic carbocycles. The van der Waals surface area contributed by atoms with Crippen molar-refractivity contribution in [3.63, 3.8) is 0 Å². The minimum Gasteiger partial charge on any atom is -0.453 e. The van der Waals surface area contributed by atoms with Gasteiger partial charge in [0, 0.05) is 25.6 Å². The number of aliphatic imine (C=N–C) groups is 1. The topological polar surface area (TPSA) is 159 Å². The van der Waals surface area contributed by atoms with Gasteiger partial charge in [0.15, 0.2) is 0 Å². The van der Waals surface area contributed by atoms with Gasteiger partial charge in [-0.05, 0) is 61.7 Å². The van der Waals surface area contributed by atoms with Gasteiger partial charge in [-0.25, -0.2) is 4.79 Å². The van der Waals surface area contributed by atoms with Crippen molar-refractivity contribution in [2.45, 2.75) is 77.7 Å². The zero-order valence-electron chi connectivity index (χ0n) is 25.9. The summed E-state index contributed by atoms with van der Waals surface area (Å²) in [6.45, 7) is 3.98. The third-order valence-corrected chi connectivity index (χ3v) is 8.02. The molecule has 1 heterocycles. The monoisotopic (exact) mass is 621 g/mol. The molecule has 0 radical (unpaired) electrons. The Morgan fingerprint density at radius 3 is 2.59 bits per heavy atom. The van der Waals surface area contributed by atoms with Gasteiger partial charge in [-0.15, -0.1) is 10.2 Å². The summed E-state index contributed by atoms with van der Waals surface area (Å²) in [6, 6.07) is 9.37. The van der Waals surface area contributed by atoms with Crippen molar-refractivity contribution in [1.29, 1.82) is 5.41 Å². The van der Waals surface area contributed by atoms with E-state index in [1.54, 1.807) is 7.05 Å². The van der Waals surface area contributed by atoms with Crippen LogP contribution in [-0.2, 0) is 27.2 Å². The largest absolute Gasteiger partial charge is 0.453 e. The van der Waals surface area contributed by atoms with Crippen molar-refractivity contribution in [2.75, 3.05) is 19.5 Å². The van der Waals surface area contributed by atoms with Crippen LogP contribution in [0.4, 0.5) is 9.93 Å². The Balaban J connectivity index is 1.34. The zero-order valence-corrected chi connectivity index (χ0v) is 26.8. The first-order chi connectivity index (χ1) is 21.1. The summed E-state index contributed by atoms with van der Waals surface area (Å²) < 4.78 is 4.69. The minimum atomic E-state index is -0.484. The highest BCUT2D eigenvalue weighted by Gasteiger charge is 2.20. The Bertz CT molecular complexity index is 1380. The van der Waals surface area contributed by atoms with E-state index in [4.69, 9.17) is 10.1 Å². The molecule has 1 aromatic carbocycles. The van der Waals surface area contributed by atoms with Crippen molar-refractivity contribution < 1.29 is 19.1 Å². The van der Waals surface area contributed by atoms with Crippen LogP contribution in [0, 0.1) is 11.3 Å². The molecule has 2 atom stereocenters. The number of nitrogens with one attached hydrogen (secondary N) is 4. The molecule has 0 saturated carbocycles. The lowest BCUT2D eigenvalue weighted by Crippen LogP contribution is -2.34. The molecule has 1 aromatic heterocycles. The van der Waals surface area contributed by atoms with E-state index in [2.05, 4.69) is 44.1 Å². The van der Waals surface area contributed by atoms with Crippen LogP contribution in [0.5, 0.6) is 0 Å². The molecule has 2 aromatic rings. The van der Waals surface area contributed by atoms with E-state index >= 15 is 0 Å². The van der Waals surface area contributed by atoms with Crippen LogP contribution in [-0.4, -0.2) is 59.9 Å². The summed E-state index contributed by atoms with van der Waals surface area (Å²) in [4.78, 5) is 40.8. The molecule has 0 fully saturated rings. The van der Waals surface area contributed by atoms with Gasteiger partial charge < -0.3 is 26.1 Å². The number of rotatable bonds is 15. The average Bonchev–Trinajstić information content (AvgIpc) is 3.44. The van der Waals surface area contributed by atoms with E-state index in [-0.39, 0.29) is 30.2 Å². The number of carbonyl (C=O) groups is 3. The van der Waals surface area contributed by atoms with Gasteiger partial charge in [-0.3, -0.25) is 14.6 Å². The highest BCUT2D eigenvalue weighted by molar-refractivity contribution is 7.15. The predicted octanol–water partition coefficient (Wildman–Crippen LogP) is 5.40. The molecule has 3 rings (SSSR count). The maximum atomic E-state index is 12.7. The first-order valence-electron chi connectivity index (χ1n) is 14.9. The van der Waals surface area contributed by atoms with E-state index in [1.165, 1.54) is 18.4 Å². The number of amidine groups is 1. The molecular weight excluding hydrogens is 578 g/mol. The van der Waals surface area contributed by atoms with Gasteiger partial charge in [0.2, 0.25) is 16.9 Å². The molecule has 236 valence electrons. The summed E-state index contributed by atoms with van der Waals surface area (Å²) in [5.41, 5.74) is 3.50. The number of nitrogens with zero attached hydrogens (tertiary/aromatic N) is 3. The number of methoxy groups -OCH3 is 1. The Labute approximate surface area is 263 Å². The maximum Gasteiger partial charge on any atom is 0.407 e. The molecule has 0 bridgehead atoms. The van der Waals surface area contributed by atoms with E-state index < -0.39 is 6.09 Å². The molecule has 1 aliphatic rings. The highest BCUT2D eigenvalue weighted by atomic mass is 32.1. The Hall–Kier alpha value is -4.19. The summed E-state index contributed by atoms with van der Waals surface area (Å²) in [5.74, 6) is 0.566. The average molecular weight is 622 g/mol. The second-order valence-corrected chi connectivity index (χ2v) is 12.0. The fourth-order valence-electron chi connectivity index (χ4n) is 4.86. The van der Waals surface area contributed by atoms with Gasteiger partial charge >= 0.3 is 6.09 Å². The lowest BCUT2D eigenvalue weighted by atomic mass is 9.87. The standard InChI is InChI=1S/C32H43N7O4S/c1-21-16-24(18-25(17-21)22(2)35-32(42)43-4)20-29(41)37-31-39-38-30(44-31)13-9-8-12-26(33)14-15-27(34-3)36-28(40)19-23-10-6-5-7-11-23/h5-7,10-11,16,18,21-22,33H,8-9,12-15,17,19-20H2,1-4H3,(H,35,42)(H,34,36,40)(H,37,39,41). The number of ether oxygens (including phenoxy) is 1. The van der Waals surface area contributed by atoms with Gasteiger partial charge in [0.05, 0.1) is 26.0 Å². The second-order valence-electron chi connectivity index (χ2n) is 10.9. The Kier molecular flexibility index (Phi) is 13.9. The third-order valence-electron chi connectivity index (χ3n) is 7.12. The van der Waals surface area contributed by atoms with Gasteiger partial charge in [0.25, 0.3) is 0 Å². The summed E-state index contributed by atoms with van der Waals surface area (Å²) >= 11 is 1.36. The summed E-state index contributed by atoms with van der Waals surface area (Å²) in [6.07, 6.45) is 9.00. The van der Waals surface area contributed by atoms with Crippen LogP contribution >= 0.6 is 11.3 Å². The van der Waals surface area contributed by atoms with Crippen molar-refractivity contribution in [2.24, 2.45) is 10.9 Å². The number of hydrogen-bond donors (Lipinski definition) is 4. The van der Waals surface area contributed by atoms with Crippen LogP contribution < -0.4 is 16.0 Å². The number of aryl methyl sites for hydroxylation is 1. The second kappa shape index (κ2) is 17.8.